The van der Waals surface area contributed by atoms with Gasteiger partial charge in [-0.2, -0.15) is 0 Å². The van der Waals surface area contributed by atoms with Crippen LogP contribution in [0.4, 0.5) is 0 Å². The molecule has 0 spiro atoms. The second-order valence-electron chi connectivity index (χ2n) is 10.6. The minimum absolute atomic E-state index is 0.203. The summed E-state index contributed by atoms with van der Waals surface area (Å²) >= 11 is 0. The molecule has 2 aromatic rings. The fourth-order valence-corrected chi connectivity index (χ4v) is 5.63. The van der Waals surface area contributed by atoms with Crippen molar-refractivity contribution in [3.63, 3.8) is 0 Å². The SMILES string of the molecule is COc1ccc(CC2(CN[C@@H]3C[C@H]3c3ccccc3)CCN(CC3(C(=O)O)CC3)CC2)cc1. The van der Waals surface area contributed by atoms with Crippen LogP contribution in [-0.2, 0) is 11.2 Å². The first-order chi connectivity index (χ1) is 16.0. The highest BCUT2D eigenvalue weighted by atomic mass is 16.5. The van der Waals surface area contributed by atoms with E-state index in [1.54, 1.807) is 7.11 Å². The molecule has 33 heavy (non-hydrogen) atoms. The molecule has 2 aliphatic carbocycles. The van der Waals surface area contributed by atoms with E-state index in [-0.39, 0.29) is 5.41 Å². The maximum absolute atomic E-state index is 11.7. The summed E-state index contributed by atoms with van der Waals surface area (Å²) in [4.78, 5) is 14.1. The van der Waals surface area contributed by atoms with Gasteiger partial charge in [-0.25, -0.2) is 0 Å². The average molecular weight is 449 g/mol. The van der Waals surface area contributed by atoms with Gasteiger partial charge in [0, 0.05) is 25.0 Å². The Kier molecular flexibility index (Phi) is 6.19. The first-order valence-corrected chi connectivity index (χ1v) is 12.4. The smallest absolute Gasteiger partial charge is 0.310 e. The number of methoxy groups -OCH3 is 1. The van der Waals surface area contributed by atoms with E-state index in [0.717, 1.165) is 57.5 Å². The molecule has 0 aromatic heterocycles. The summed E-state index contributed by atoms with van der Waals surface area (Å²) in [6.07, 6.45) is 6.13. The Morgan fingerprint density at radius 3 is 2.36 bits per heavy atom. The van der Waals surface area contributed by atoms with Crippen molar-refractivity contribution in [2.24, 2.45) is 10.8 Å². The van der Waals surface area contributed by atoms with Gasteiger partial charge in [-0.15, -0.1) is 0 Å². The van der Waals surface area contributed by atoms with Gasteiger partial charge in [0.1, 0.15) is 5.75 Å². The van der Waals surface area contributed by atoms with Gasteiger partial charge in [0.05, 0.1) is 12.5 Å². The Hall–Kier alpha value is -2.37. The van der Waals surface area contributed by atoms with Crippen molar-refractivity contribution in [1.29, 1.82) is 0 Å². The fraction of sp³-hybridized carbons (Fsp3) is 0.536. The van der Waals surface area contributed by atoms with Crippen molar-refractivity contribution in [3.8, 4) is 5.75 Å². The molecule has 0 unspecified atom stereocenters. The van der Waals surface area contributed by atoms with Crippen molar-refractivity contribution in [3.05, 3.63) is 65.7 Å². The number of carboxylic acids is 1. The molecule has 2 saturated carbocycles. The first kappa shape index (κ1) is 22.4. The molecule has 1 heterocycles. The highest BCUT2D eigenvalue weighted by Gasteiger charge is 2.52. The quantitative estimate of drug-likeness (QED) is 0.567. The standard InChI is InChI=1S/C28H36N2O3/c1-33-23-9-7-21(8-10-23)18-27(19-29-25-17-24(25)22-5-3-2-4-6-22)13-15-30(16-14-27)20-28(11-12-28)26(31)32/h2-10,24-25,29H,11-20H2,1H3,(H,31,32)/t24-,25+/m0/s1. The number of carbonyl (C=O) groups is 1. The lowest BCUT2D eigenvalue weighted by Crippen LogP contribution is -2.48. The summed E-state index contributed by atoms with van der Waals surface area (Å²) in [6.45, 7) is 3.71. The molecule has 0 amide bonds. The minimum Gasteiger partial charge on any atom is -0.497 e. The van der Waals surface area contributed by atoms with Gasteiger partial charge in [-0.1, -0.05) is 42.5 Å². The molecule has 3 aliphatic rings. The number of hydrogen-bond acceptors (Lipinski definition) is 4. The number of likely N-dealkylation sites (tertiary alicyclic amines) is 1. The van der Waals surface area contributed by atoms with Crippen LogP contribution in [0.1, 0.15) is 49.1 Å². The zero-order valence-corrected chi connectivity index (χ0v) is 19.6. The fourth-order valence-electron chi connectivity index (χ4n) is 5.63. The molecule has 3 fully saturated rings. The van der Waals surface area contributed by atoms with E-state index in [9.17, 15) is 9.90 Å². The number of aliphatic carboxylic acids is 1. The lowest BCUT2D eigenvalue weighted by molar-refractivity contribution is -0.144. The van der Waals surface area contributed by atoms with Crippen LogP contribution in [0.3, 0.4) is 0 Å². The number of hydrogen-bond donors (Lipinski definition) is 2. The number of nitrogens with zero attached hydrogens (tertiary/aromatic N) is 1. The van der Waals surface area contributed by atoms with E-state index >= 15 is 0 Å². The molecule has 0 bridgehead atoms. The van der Waals surface area contributed by atoms with Crippen LogP contribution < -0.4 is 10.1 Å². The molecular formula is C28H36N2O3. The van der Waals surface area contributed by atoms with Crippen LogP contribution >= 0.6 is 0 Å². The number of ether oxygens (including phenoxy) is 1. The lowest BCUT2D eigenvalue weighted by Gasteiger charge is -2.43. The Balaban J connectivity index is 1.23. The molecule has 176 valence electrons. The highest BCUT2D eigenvalue weighted by molar-refractivity contribution is 5.78. The number of nitrogens with one attached hydrogen (secondary N) is 1. The monoisotopic (exact) mass is 448 g/mol. The van der Waals surface area contributed by atoms with Crippen molar-refractivity contribution >= 4 is 5.97 Å². The molecule has 1 aliphatic heterocycles. The van der Waals surface area contributed by atoms with Crippen LogP contribution in [0.25, 0.3) is 0 Å². The number of rotatable bonds is 10. The number of benzene rings is 2. The predicted octanol–water partition coefficient (Wildman–Crippen LogP) is 4.33. The van der Waals surface area contributed by atoms with Crippen molar-refractivity contribution in [2.45, 2.75) is 50.5 Å². The zero-order chi connectivity index (χ0) is 22.9. The van der Waals surface area contributed by atoms with E-state index in [0.29, 0.717) is 18.5 Å². The largest absolute Gasteiger partial charge is 0.497 e. The third-order valence-corrected chi connectivity index (χ3v) is 8.25. The van der Waals surface area contributed by atoms with Gasteiger partial charge in [0.15, 0.2) is 0 Å². The van der Waals surface area contributed by atoms with E-state index in [1.807, 2.05) is 0 Å². The van der Waals surface area contributed by atoms with Crippen molar-refractivity contribution in [1.82, 2.24) is 10.2 Å². The van der Waals surface area contributed by atoms with Crippen LogP contribution in [-0.4, -0.2) is 55.3 Å². The summed E-state index contributed by atoms with van der Waals surface area (Å²) in [7, 11) is 1.71. The molecule has 5 nitrogen and oxygen atoms in total. The molecule has 0 radical (unpaired) electrons. The van der Waals surface area contributed by atoms with Gasteiger partial charge < -0.3 is 20.1 Å². The topological polar surface area (TPSA) is 61.8 Å². The Bertz CT molecular complexity index is 947. The van der Waals surface area contributed by atoms with E-state index in [4.69, 9.17) is 4.74 Å². The lowest BCUT2D eigenvalue weighted by atomic mass is 9.73. The van der Waals surface area contributed by atoms with Gasteiger partial charge >= 0.3 is 5.97 Å². The third kappa shape index (κ3) is 5.10. The summed E-state index contributed by atoms with van der Waals surface area (Å²) < 4.78 is 5.34. The molecule has 5 heteroatoms. The number of carboxylic acid groups (broad SMARTS) is 1. The second-order valence-corrected chi connectivity index (χ2v) is 10.6. The maximum Gasteiger partial charge on any atom is 0.310 e. The highest BCUT2D eigenvalue weighted by Crippen LogP contribution is 2.48. The third-order valence-electron chi connectivity index (χ3n) is 8.25. The van der Waals surface area contributed by atoms with Crippen LogP contribution in [0.5, 0.6) is 5.75 Å². The van der Waals surface area contributed by atoms with E-state index in [2.05, 4.69) is 64.8 Å². The molecule has 5 rings (SSSR count). The Morgan fingerprint density at radius 1 is 1.06 bits per heavy atom. The van der Waals surface area contributed by atoms with E-state index < -0.39 is 11.4 Å². The first-order valence-electron chi connectivity index (χ1n) is 12.4. The van der Waals surface area contributed by atoms with Gasteiger partial charge in [-0.3, -0.25) is 4.79 Å². The zero-order valence-electron chi connectivity index (χ0n) is 19.6. The predicted molar refractivity (Wildman–Crippen MR) is 130 cm³/mol. The van der Waals surface area contributed by atoms with Crippen LogP contribution in [0.15, 0.2) is 54.6 Å². The minimum atomic E-state index is -0.611. The second kappa shape index (κ2) is 9.11. The van der Waals surface area contributed by atoms with Gasteiger partial charge in [0.2, 0.25) is 0 Å². The molecule has 2 atom stereocenters. The maximum atomic E-state index is 11.7. The van der Waals surface area contributed by atoms with Crippen LogP contribution in [0.2, 0.25) is 0 Å². The number of piperidine rings is 1. The van der Waals surface area contributed by atoms with Crippen LogP contribution in [0, 0.1) is 10.8 Å². The normalized spacial score (nSPS) is 25.4. The summed E-state index contributed by atoms with van der Waals surface area (Å²) in [5.41, 5.74) is 2.53. The summed E-state index contributed by atoms with van der Waals surface area (Å²) in [6, 6.07) is 19.9. The van der Waals surface area contributed by atoms with Crippen molar-refractivity contribution < 1.29 is 14.6 Å². The van der Waals surface area contributed by atoms with Gasteiger partial charge in [0.25, 0.3) is 0 Å². The molecule has 2 aromatic carbocycles. The molecule has 1 saturated heterocycles. The Labute approximate surface area is 197 Å². The van der Waals surface area contributed by atoms with Crippen molar-refractivity contribution in [2.75, 3.05) is 33.3 Å². The molecular weight excluding hydrogens is 412 g/mol. The summed E-state index contributed by atoms with van der Waals surface area (Å²) in [5.74, 6) is 0.919. The molecule has 2 N–H and O–H groups in total. The average Bonchev–Trinajstić information content (AvgIpc) is 3.77. The van der Waals surface area contributed by atoms with E-state index in [1.165, 1.54) is 17.5 Å². The van der Waals surface area contributed by atoms with Gasteiger partial charge in [-0.05, 0) is 80.3 Å². The summed E-state index contributed by atoms with van der Waals surface area (Å²) in [5, 5.41) is 13.5. The Morgan fingerprint density at radius 2 is 1.76 bits per heavy atom.